The zero-order valence-corrected chi connectivity index (χ0v) is 95.8. The van der Waals surface area contributed by atoms with Crippen molar-refractivity contribution in [1.82, 2.24) is 84.0 Å². The molecule has 3 aromatic carbocycles. The molecule has 23 rings (SSSR count). The third-order valence-corrected chi connectivity index (χ3v) is 33.9. The van der Waals surface area contributed by atoms with E-state index in [9.17, 15) is 0 Å². The van der Waals surface area contributed by atoms with Crippen molar-refractivity contribution in [1.29, 1.82) is 0 Å². The van der Waals surface area contributed by atoms with Gasteiger partial charge in [0, 0.05) is 144 Å². The number of nitrogens with zero attached hydrogens (tertiary/aromatic N) is 18. The largest absolute Gasteiger partial charge is 0.378 e. The average Bonchev–Trinajstić information content (AvgIpc) is 1.39. The van der Waals surface area contributed by atoms with Gasteiger partial charge in [0.1, 0.15) is 0 Å². The molecule has 1 atom stereocenters. The topological polar surface area (TPSA) is 174 Å². The molecule has 23 heteroatoms. The van der Waals surface area contributed by atoms with Crippen molar-refractivity contribution in [3.05, 3.63) is 259 Å². The van der Waals surface area contributed by atoms with Gasteiger partial charge in [0.25, 0.3) is 0 Å². The number of rotatable bonds is 20. The Hall–Kier alpha value is -8.21. The van der Waals surface area contributed by atoms with Crippen molar-refractivity contribution in [3.8, 4) is 0 Å². The molecule has 14 aliphatic rings. The van der Waals surface area contributed by atoms with E-state index in [4.69, 9.17) is 28.7 Å². The molecule has 20 heterocycles. The predicted molar refractivity (Wildman–Crippen MR) is 610 cm³/mol. The Kier molecular flexibility index (Phi) is 43.4. The summed E-state index contributed by atoms with van der Waals surface area (Å²) in [6.45, 7) is 71.9. The molecular formula is C126H190N18O5. The number of fused-ring (bicyclic) bond motifs is 3. The lowest BCUT2D eigenvalue weighted by atomic mass is 9.87. The van der Waals surface area contributed by atoms with Gasteiger partial charge < -0.3 is 43.3 Å². The summed E-state index contributed by atoms with van der Waals surface area (Å²) in [5.74, 6) is 9.01. The first kappa shape index (κ1) is 115. The van der Waals surface area contributed by atoms with Crippen molar-refractivity contribution in [3.63, 3.8) is 0 Å². The van der Waals surface area contributed by atoms with Gasteiger partial charge in [-0.15, -0.1) is 5.10 Å². The molecule has 23 nitrogen and oxygen atoms in total. The lowest BCUT2D eigenvalue weighted by molar-refractivity contribution is -0.0735. The van der Waals surface area contributed by atoms with Crippen LogP contribution in [0.2, 0.25) is 0 Å². The van der Waals surface area contributed by atoms with Gasteiger partial charge in [-0.2, -0.15) is 10.2 Å². The van der Waals surface area contributed by atoms with Crippen molar-refractivity contribution in [2.75, 3.05) is 204 Å². The van der Waals surface area contributed by atoms with Gasteiger partial charge in [-0.05, 0) is 306 Å². The van der Waals surface area contributed by atoms with Gasteiger partial charge in [0.2, 0.25) is 0 Å². The zero-order valence-electron chi connectivity index (χ0n) is 95.8. The van der Waals surface area contributed by atoms with Crippen LogP contribution in [0.4, 0.5) is 5.82 Å². The Labute approximate surface area is 898 Å². The minimum atomic E-state index is 0.442. The van der Waals surface area contributed by atoms with Crippen LogP contribution >= 0.6 is 0 Å². The van der Waals surface area contributed by atoms with Gasteiger partial charge in [0.05, 0.1) is 120 Å². The van der Waals surface area contributed by atoms with Crippen molar-refractivity contribution < 1.29 is 23.7 Å². The average molecular weight is 2040 g/mol. The summed E-state index contributed by atoms with van der Waals surface area (Å²) in [5.41, 5.74) is 25.9. The second kappa shape index (κ2) is 56.3. The molecule has 1 unspecified atom stereocenters. The van der Waals surface area contributed by atoms with Crippen LogP contribution < -0.4 is 4.90 Å². The molecule has 14 aliphatic heterocycles. The number of benzene rings is 3. The third-order valence-electron chi connectivity index (χ3n) is 33.9. The first-order valence-electron chi connectivity index (χ1n) is 58.0. The minimum Gasteiger partial charge on any atom is -0.378 e. The van der Waals surface area contributed by atoms with Crippen LogP contribution in [0.15, 0.2) is 152 Å². The normalized spacial score (nSPS) is 21.1. The van der Waals surface area contributed by atoms with Crippen molar-refractivity contribution >= 4 is 5.82 Å². The van der Waals surface area contributed by atoms with Crippen LogP contribution in [0.25, 0.3) is 0 Å². The van der Waals surface area contributed by atoms with Crippen LogP contribution in [0.1, 0.15) is 366 Å². The fourth-order valence-electron chi connectivity index (χ4n) is 22.3. The molecule has 0 radical (unpaired) electrons. The quantitative estimate of drug-likeness (QED) is 0.0704. The molecule has 6 aromatic heterocycles. The number of hydrogen-bond acceptors (Lipinski definition) is 22. The molecule has 0 aliphatic carbocycles. The third kappa shape index (κ3) is 32.7. The van der Waals surface area contributed by atoms with E-state index < -0.39 is 0 Å². The fraction of sp³-hybridized carbons (Fsp3) is 0.643. The number of piperazine rings is 1. The first-order chi connectivity index (χ1) is 71.9. The first-order valence-corrected chi connectivity index (χ1v) is 58.0. The predicted octanol–water partition coefficient (Wildman–Crippen LogP) is 22.1. The monoisotopic (exact) mass is 2040 g/mol. The van der Waals surface area contributed by atoms with Crippen LogP contribution in [-0.4, -0.2) is 313 Å². The zero-order chi connectivity index (χ0) is 105. The fourth-order valence-corrected chi connectivity index (χ4v) is 22.3. The second-order valence-electron chi connectivity index (χ2n) is 48.2. The Morgan fingerprint density at radius 2 is 0.671 bits per heavy atom. The highest BCUT2D eigenvalue weighted by atomic mass is 16.5. The maximum Gasteiger partial charge on any atom is 0.151 e. The number of aromatic nitrogens is 8. The summed E-state index contributed by atoms with van der Waals surface area (Å²) in [5, 5.41) is 13.3. The smallest absolute Gasteiger partial charge is 0.151 e. The van der Waals surface area contributed by atoms with Gasteiger partial charge in [-0.3, -0.25) is 54.0 Å². The molecule has 0 amide bonds. The number of pyridine rings is 4. The molecule has 0 bridgehead atoms. The number of hydrogen-bond donors (Lipinski definition) is 0. The molecule has 0 N–H and O–H groups in total. The number of likely N-dealkylation sites (tertiary alicyclic amines) is 5. The maximum absolute atomic E-state index is 5.29. The molecule has 149 heavy (non-hydrogen) atoms. The molecule has 0 saturated carbocycles. The van der Waals surface area contributed by atoms with Crippen LogP contribution in [0.3, 0.4) is 0 Å². The number of anilines is 1. The van der Waals surface area contributed by atoms with Crippen molar-refractivity contribution in [2.24, 2.45) is 0 Å². The molecular weight excluding hydrogens is 1850 g/mol. The van der Waals surface area contributed by atoms with Gasteiger partial charge in [-0.1, -0.05) is 216 Å². The van der Waals surface area contributed by atoms with Gasteiger partial charge in [-0.25, -0.2) is 0 Å². The molecule has 814 valence electrons. The van der Waals surface area contributed by atoms with E-state index in [1.807, 2.05) is 0 Å². The Bertz CT molecular complexity index is 5150. The second-order valence-corrected chi connectivity index (χ2v) is 48.2. The summed E-state index contributed by atoms with van der Waals surface area (Å²) < 4.78 is 28.5. The minimum absolute atomic E-state index is 0.442. The van der Waals surface area contributed by atoms with Gasteiger partial charge >= 0.3 is 0 Å². The van der Waals surface area contributed by atoms with Crippen LogP contribution in [0, 0.1) is 0 Å². The summed E-state index contributed by atoms with van der Waals surface area (Å²) in [4.78, 5) is 43.1. The highest BCUT2D eigenvalue weighted by Gasteiger charge is 2.37. The lowest BCUT2D eigenvalue weighted by Crippen LogP contribution is -2.56. The summed E-state index contributed by atoms with van der Waals surface area (Å²) >= 11 is 0. The highest BCUT2D eigenvalue weighted by Crippen LogP contribution is 2.38. The number of ether oxygens (including phenoxy) is 5. The van der Waals surface area contributed by atoms with Crippen molar-refractivity contribution in [2.45, 2.75) is 328 Å². The number of likely N-dealkylation sites (N-methyl/N-ethyl adjacent to an activating group) is 1. The lowest BCUT2D eigenvalue weighted by Gasteiger charge is -2.42. The Morgan fingerprint density at radius 3 is 1.09 bits per heavy atom. The van der Waals surface area contributed by atoms with E-state index in [1.165, 1.54) is 219 Å². The van der Waals surface area contributed by atoms with Crippen LogP contribution in [-0.2, 0) is 62.7 Å². The summed E-state index contributed by atoms with van der Waals surface area (Å²) in [7, 11) is 8.79. The molecule has 11 fully saturated rings. The van der Waals surface area contributed by atoms with E-state index >= 15 is 0 Å². The van der Waals surface area contributed by atoms with E-state index in [0.717, 1.165) is 173 Å². The summed E-state index contributed by atoms with van der Waals surface area (Å²) in [6.07, 6.45) is 18.8. The van der Waals surface area contributed by atoms with E-state index in [2.05, 4.69) is 389 Å². The standard InChI is InChI=1S/C17H25NO.C15H21NO.C14H22N4O.C14H20N2O.2C14H22N2.C13H20N2.C13H19N.C12H19N3O/c1-13(2)14-3-5-15(6-4-14)16-7-9-18(10-8-16)17-11-19-12-17;1-11(2)12-3-4-14-8-16(15-9-17-10-15)6-5-13(14)7-12;1-11(2)13-3-4-14(16-15-13)18-7-5-17(6-8-18)12-9-19-10-12;1-10(2)13-4-3-11-7-16(12-8-17-9-12)6-5-14(11)15-13;2*1-11(2)14-5-4-13(10-15-14)12-6-8-16(3)9-7-12;1-10(2)12-7-6-11(9-14-12)13-5-4-8-15(13)3;1-10(2)11-4-6-12(7-5-11)13-8-14(3)9-13;1-9(2)12-5-10-6-14(11-7-16-8-11)3-4-15(10)13-12/h3-6,13,16-17H,7-12H2,1-2H3;3-4,7,11,15H,5-6,8-10H2,1-2H3;3-4,11-12H,5-10H2,1-2H3;3-4,10,12H,5-9H2,1-2H3;2*4-5,10-12H,6-9H2,1-3H3;6-7,9-10,13H,4-5,8H2,1-3H3;4-7,10,13H,8-9H2,1-3H3;5,9,11H,3-4,6-8H2,1-2H3. The Morgan fingerprint density at radius 1 is 0.282 bits per heavy atom. The Balaban J connectivity index is 0.000000126. The SMILES string of the molecule is CC(C)c1cc2n(n1)CCN(C1COC1)C2.CC(C)c1ccc(C2CCCN2C)cn1.CC(C)c1ccc(C2CCN(C)CC2)cn1.CC(C)c1ccc(C2CCN(C)CC2)cn1.CC(C)c1ccc(C2CCN(C3COC3)CC2)cc1.CC(C)c1ccc(C2CN(C)C2)cc1.CC(C)c1ccc(N2CCN(C3COC3)CC2)nn1.CC(C)c1ccc2c(c1)CCN(C1COC1)C2.CC(C)c1ccc2c(n1)CCN(C1COC1)C2. The van der Waals surface area contributed by atoms with Crippen LogP contribution in [0.5, 0.6) is 0 Å². The van der Waals surface area contributed by atoms with E-state index in [1.54, 1.807) is 5.56 Å². The van der Waals surface area contributed by atoms with E-state index in [0.29, 0.717) is 89.5 Å². The van der Waals surface area contributed by atoms with E-state index in [-0.39, 0.29) is 0 Å². The maximum atomic E-state index is 5.29. The summed E-state index contributed by atoms with van der Waals surface area (Å²) in [6, 6.07) is 53.7. The van der Waals surface area contributed by atoms with Gasteiger partial charge in [0.15, 0.2) is 5.82 Å². The molecule has 9 aromatic rings. The molecule has 0 spiro atoms. The number of piperidine rings is 3. The highest BCUT2D eigenvalue weighted by molar-refractivity contribution is 5.40. The molecule has 11 saturated heterocycles.